The maximum Gasteiger partial charge on any atom is 0.321 e. The molecule has 0 bridgehead atoms. The van der Waals surface area contributed by atoms with Crippen LogP contribution in [0.15, 0.2) is 0 Å². The molecular weight excluding hydrogens is 182 g/mol. The predicted molar refractivity (Wildman–Crippen MR) is 44.3 cm³/mol. The van der Waals surface area contributed by atoms with E-state index in [0.29, 0.717) is 0 Å². The lowest BCUT2D eigenvalue weighted by Gasteiger charge is -2.10. The summed E-state index contributed by atoms with van der Waals surface area (Å²) in [6.07, 6.45) is 0.245. The van der Waals surface area contributed by atoms with Gasteiger partial charge in [0, 0.05) is 0 Å². The van der Waals surface area contributed by atoms with Gasteiger partial charge in [-0.2, -0.15) is 0 Å². The molecule has 0 unspecified atom stereocenters. The maximum atomic E-state index is 10.9. The van der Waals surface area contributed by atoms with Crippen LogP contribution in [0.4, 0.5) is 0 Å². The molecule has 0 aromatic heterocycles. The number of nitrogens with one attached hydrogen (secondary N) is 1. The number of hydrogen-bond acceptors (Lipinski definition) is 3. The Morgan fingerprint density at radius 3 is 2.25 bits per heavy atom. The molecule has 0 aromatic rings. The molecule has 1 atom stereocenters. The van der Waals surface area contributed by atoms with Crippen LogP contribution in [0.3, 0.4) is 0 Å². The van der Waals surface area contributed by atoms with Crippen LogP contribution in [0.25, 0.3) is 0 Å². The van der Waals surface area contributed by atoms with Gasteiger partial charge in [0.25, 0.3) is 0 Å². The van der Waals surface area contributed by atoms with Gasteiger partial charge in [-0.25, -0.2) is 13.1 Å². The van der Waals surface area contributed by atoms with Gasteiger partial charge >= 0.3 is 5.97 Å². The van der Waals surface area contributed by atoms with Crippen LogP contribution in [-0.2, 0) is 14.8 Å². The van der Waals surface area contributed by atoms with Crippen LogP contribution in [0.1, 0.15) is 20.3 Å². The molecule has 72 valence electrons. The first-order valence-electron chi connectivity index (χ1n) is 3.65. The quantitative estimate of drug-likeness (QED) is 0.635. The summed E-state index contributed by atoms with van der Waals surface area (Å²) in [6, 6.07) is -1.00. The number of hydrogen-bond donors (Lipinski definition) is 2. The maximum absolute atomic E-state index is 10.9. The first-order chi connectivity index (χ1) is 5.43. The fourth-order valence-corrected chi connectivity index (χ4v) is 1.48. The van der Waals surface area contributed by atoms with Gasteiger partial charge in [-0.05, 0) is 13.3 Å². The van der Waals surface area contributed by atoms with Crippen molar-refractivity contribution in [3.8, 4) is 0 Å². The monoisotopic (exact) mass is 195 g/mol. The molecule has 0 aliphatic heterocycles. The number of carbonyl (C=O) groups is 1. The Kier molecular flexibility index (Phi) is 4.19. The molecule has 2 N–H and O–H groups in total. The highest BCUT2D eigenvalue weighted by Gasteiger charge is 2.20. The van der Waals surface area contributed by atoms with E-state index in [9.17, 15) is 13.2 Å². The molecule has 0 aliphatic rings. The highest BCUT2D eigenvalue weighted by atomic mass is 32.2. The van der Waals surface area contributed by atoms with Gasteiger partial charge in [0.15, 0.2) is 0 Å². The molecule has 0 radical (unpaired) electrons. The molecule has 0 saturated carbocycles. The van der Waals surface area contributed by atoms with E-state index in [4.69, 9.17) is 5.11 Å². The minimum Gasteiger partial charge on any atom is -0.480 e. The van der Waals surface area contributed by atoms with Gasteiger partial charge in [0.2, 0.25) is 10.0 Å². The summed E-state index contributed by atoms with van der Waals surface area (Å²) in [4.78, 5) is 10.4. The number of carboxylic acid groups (broad SMARTS) is 1. The van der Waals surface area contributed by atoms with Crippen LogP contribution in [0, 0.1) is 0 Å². The molecule has 0 aliphatic carbocycles. The molecule has 0 fully saturated rings. The smallest absolute Gasteiger partial charge is 0.321 e. The van der Waals surface area contributed by atoms with Gasteiger partial charge in [-0.15, -0.1) is 0 Å². The van der Waals surface area contributed by atoms with E-state index in [1.807, 2.05) is 0 Å². The number of sulfonamides is 1. The number of aliphatic carboxylic acids is 1. The van der Waals surface area contributed by atoms with Crippen LogP contribution in [0.2, 0.25) is 0 Å². The Balaban J connectivity index is 4.32. The van der Waals surface area contributed by atoms with Crippen molar-refractivity contribution >= 4 is 16.0 Å². The van der Waals surface area contributed by atoms with E-state index in [-0.39, 0.29) is 12.2 Å². The minimum absolute atomic E-state index is 0.100. The third kappa shape index (κ3) is 3.68. The standard InChI is InChI=1S/C6H13NO4S/c1-3-5(6(8)9)7-12(10,11)4-2/h5,7H,3-4H2,1-2H3,(H,8,9)/t5-/m0/s1. The summed E-state index contributed by atoms with van der Waals surface area (Å²) in [5, 5.41) is 8.51. The van der Waals surface area contributed by atoms with E-state index in [2.05, 4.69) is 4.72 Å². The largest absolute Gasteiger partial charge is 0.480 e. The van der Waals surface area contributed by atoms with Gasteiger partial charge in [0.05, 0.1) is 5.75 Å². The lowest BCUT2D eigenvalue weighted by molar-refractivity contribution is -0.139. The molecule has 0 spiro atoms. The molecule has 0 saturated heterocycles. The lowest BCUT2D eigenvalue weighted by Crippen LogP contribution is -2.40. The van der Waals surface area contributed by atoms with E-state index in [0.717, 1.165) is 0 Å². The zero-order valence-electron chi connectivity index (χ0n) is 7.07. The Labute approximate surface area is 71.8 Å². The van der Waals surface area contributed by atoms with E-state index >= 15 is 0 Å². The second-order valence-corrected chi connectivity index (χ2v) is 4.36. The predicted octanol–water partition coefficient (Wildman–Crippen LogP) is -0.211. The second kappa shape index (κ2) is 4.42. The minimum atomic E-state index is -3.41. The average Bonchev–Trinajstić information content (AvgIpc) is 2.00. The average molecular weight is 195 g/mol. The van der Waals surface area contributed by atoms with Gasteiger partial charge in [0.1, 0.15) is 6.04 Å². The summed E-state index contributed by atoms with van der Waals surface area (Å²) >= 11 is 0. The van der Waals surface area contributed by atoms with Crippen molar-refractivity contribution < 1.29 is 18.3 Å². The lowest BCUT2D eigenvalue weighted by atomic mass is 10.2. The topological polar surface area (TPSA) is 83.5 Å². The number of rotatable bonds is 5. The van der Waals surface area contributed by atoms with Crippen LogP contribution >= 0.6 is 0 Å². The SMILES string of the molecule is CC[C@H](NS(=O)(=O)CC)C(=O)O. The third-order valence-corrected chi connectivity index (χ3v) is 2.81. The van der Waals surface area contributed by atoms with Crippen molar-refractivity contribution in [1.29, 1.82) is 0 Å². The van der Waals surface area contributed by atoms with Crippen LogP contribution < -0.4 is 4.72 Å². The summed E-state index contributed by atoms with van der Waals surface area (Å²) in [7, 11) is -3.41. The summed E-state index contributed by atoms with van der Waals surface area (Å²) < 4.78 is 23.9. The molecule has 12 heavy (non-hydrogen) atoms. The van der Waals surface area contributed by atoms with Crippen molar-refractivity contribution in [2.45, 2.75) is 26.3 Å². The molecule has 0 rings (SSSR count). The fourth-order valence-electron chi connectivity index (χ4n) is 0.608. The third-order valence-electron chi connectivity index (χ3n) is 1.41. The summed E-state index contributed by atoms with van der Waals surface area (Å²) in [6.45, 7) is 3.06. The second-order valence-electron chi connectivity index (χ2n) is 2.32. The Morgan fingerprint density at radius 1 is 1.50 bits per heavy atom. The molecule has 0 heterocycles. The van der Waals surface area contributed by atoms with Crippen molar-refractivity contribution in [1.82, 2.24) is 4.72 Å². The van der Waals surface area contributed by atoms with Crippen molar-refractivity contribution in [3.63, 3.8) is 0 Å². The van der Waals surface area contributed by atoms with Crippen molar-refractivity contribution in [2.24, 2.45) is 0 Å². The van der Waals surface area contributed by atoms with E-state index < -0.39 is 22.0 Å². The van der Waals surface area contributed by atoms with Gasteiger partial charge in [-0.1, -0.05) is 6.92 Å². The zero-order valence-corrected chi connectivity index (χ0v) is 7.89. The Morgan fingerprint density at radius 2 is 2.00 bits per heavy atom. The zero-order chi connectivity index (χ0) is 9.78. The van der Waals surface area contributed by atoms with Crippen molar-refractivity contribution in [2.75, 3.05) is 5.75 Å². The van der Waals surface area contributed by atoms with Gasteiger partial charge in [-0.3, -0.25) is 4.79 Å². The molecule has 5 nitrogen and oxygen atoms in total. The number of carboxylic acids is 1. The normalized spacial score (nSPS) is 14.2. The van der Waals surface area contributed by atoms with Gasteiger partial charge < -0.3 is 5.11 Å². The summed E-state index contributed by atoms with van der Waals surface area (Å²) in [5.41, 5.74) is 0. The van der Waals surface area contributed by atoms with Crippen LogP contribution in [-0.4, -0.2) is 31.3 Å². The molecule has 6 heteroatoms. The highest BCUT2D eigenvalue weighted by molar-refractivity contribution is 7.89. The Bertz CT molecular complexity index is 246. The Hall–Kier alpha value is -0.620. The van der Waals surface area contributed by atoms with Crippen molar-refractivity contribution in [3.05, 3.63) is 0 Å². The fraction of sp³-hybridized carbons (Fsp3) is 0.833. The molecular formula is C6H13NO4S. The first-order valence-corrected chi connectivity index (χ1v) is 5.31. The first kappa shape index (κ1) is 11.4. The molecule has 0 aromatic carbocycles. The van der Waals surface area contributed by atoms with E-state index in [1.54, 1.807) is 6.92 Å². The van der Waals surface area contributed by atoms with Crippen LogP contribution in [0.5, 0.6) is 0 Å². The molecule has 0 amide bonds. The highest BCUT2D eigenvalue weighted by Crippen LogP contribution is 1.94. The summed E-state index contributed by atoms with van der Waals surface area (Å²) in [5.74, 6) is -1.24. The van der Waals surface area contributed by atoms with E-state index in [1.165, 1.54) is 6.92 Å².